The van der Waals surface area contributed by atoms with E-state index in [-0.39, 0.29) is 43.9 Å². The molecule has 0 bridgehead atoms. The number of aliphatic imine (C=N–C) groups is 2. The van der Waals surface area contributed by atoms with Gasteiger partial charge in [0.2, 0.25) is 0 Å². The van der Waals surface area contributed by atoms with Crippen LogP contribution in [0.25, 0.3) is 20.9 Å². The summed E-state index contributed by atoms with van der Waals surface area (Å²) in [7, 11) is 0. The summed E-state index contributed by atoms with van der Waals surface area (Å²) in [5.74, 6) is -0.632. The van der Waals surface area contributed by atoms with Gasteiger partial charge >= 0.3 is 0 Å². The first-order valence-electron chi connectivity index (χ1n) is 15.6. The first-order chi connectivity index (χ1) is 23.8. The monoisotopic (exact) mass is 730 g/mol. The second-order valence-corrected chi connectivity index (χ2v) is 16.8. The van der Waals surface area contributed by atoms with Crippen molar-refractivity contribution in [1.82, 2.24) is 9.80 Å². The third kappa shape index (κ3) is 4.71. The Kier molecular flexibility index (Phi) is 7.93. The first kappa shape index (κ1) is 33.5. The molecule has 2 aliphatic heterocycles. The molecule has 2 amide bonds. The minimum Gasteiger partial charge on any atom is -0.299 e. The number of thiophene rings is 2. The Hall–Kier alpha value is -4.96. The molecule has 3 aromatic rings. The molecule has 0 spiro atoms. The maximum absolute atomic E-state index is 13.2. The fourth-order valence-corrected chi connectivity index (χ4v) is 11.5. The van der Waals surface area contributed by atoms with Crippen molar-refractivity contribution in [3.63, 3.8) is 0 Å². The van der Waals surface area contributed by atoms with E-state index in [0.717, 1.165) is 55.5 Å². The van der Waals surface area contributed by atoms with Crippen molar-refractivity contribution < 1.29 is 9.59 Å². The van der Waals surface area contributed by atoms with Crippen molar-refractivity contribution in [2.45, 2.75) is 52.4 Å². The Bertz CT molecular complexity index is 2210. The van der Waals surface area contributed by atoms with E-state index in [0.29, 0.717) is 33.1 Å². The molecule has 7 rings (SSSR count). The number of amides is 2. The third-order valence-electron chi connectivity index (χ3n) is 9.44. The van der Waals surface area contributed by atoms with Gasteiger partial charge in [-0.25, -0.2) is 9.98 Å². The van der Waals surface area contributed by atoms with Crippen LogP contribution in [0.5, 0.6) is 0 Å². The van der Waals surface area contributed by atoms with Gasteiger partial charge in [0, 0.05) is 33.7 Å². The van der Waals surface area contributed by atoms with Gasteiger partial charge in [-0.2, -0.15) is 21.0 Å². The highest BCUT2D eigenvalue weighted by Crippen LogP contribution is 2.60. The molecule has 2 fully saturated rings. The molecule has 4 aliphatic rings. The second-order valence-electron chi connectivity index (χ2n) is 12.8. The van der Waals surface area contributed by atoms with E-state index >= 15 is 0 Å². The van der Waals surface area contributed by atoms with Crippen LogP contribution in [0.2, 0.25) is 0 Å². The average molecular weight is 731 g/mol. The lowest BCUT2D eigenvalue weighted by molar-refractivity contribution is -0.121. The first-order valence-corrected chi connectivity index (χ1v) is 18.8. The number of hydrogen-bond donors (Lipinski definition) is 0. The molecule has 14 heteroatoms. The minimum absolute atomic E-state index is 0.103. The van der Waals surface area contributed by atoms with Gasteiger partial charge in [0.1, 0.15) is 44.3 Å². The molecular formula is C36H26N8O2S4. The van der Waals surface area contributed by atoms with Crippen LogP contribution in [0.15, 0.2) is 55.5 Å². The Morgan fingerprint density at radius 3 is 1.32 bits per heavy atom. The number of nitriles is 4. The Labute approximate surface area is 305 Å². The van der Waals surface area contributed by atoms with E-state index in [2.05, 4.69) is 39.8 Å². The van der Waals surface area contributed by atoms with Crippen molar-refractivity contribution in [3.05, 3.63) is 67.7 Å². The summed E-state index contributed by atoms with van der Waals surface area (Å²) in [6.07, 6.45) is 0. The van der Waals surface area contributed by atoms with Crippen LogP contribution in [0.1, 0.15) is 63.8 Å². The zero-order valence-electron chi connectivity index (χ0n) is 27.8. The van der Waals surface area contributed by atoms with Crippen LogP contribution < -0.4 is 0 Å². The van der Waals surface area contributed by atoms with Gasteiger partial charge in [0.25, 0.3) is 11.8 Å². The lowest BCUT2D eigenvalue weighted by atomic mass is 9.79. The zero-order chi connectivity index (χ0) is 35.9. The molecule has 0 radical (unpaired) electrons. The zero-order valence-corrected chi connectivity index (χ0v) is 31.0. The topological polar surface area (TPSA) is 160 Å². The van der Waals surface area contributed by atoms with Crippen LogP contribution in [0, 0.1) is 45.3 Å². The van der Waals surface area contributed by atoms with Gasteiger partial charge in [-0.15, -0.1) is 22.7 Å². The highest BCUT2D eigenvalue weighted by Gasteiger charge is 2.44. The van der Waals surface area contributed by atoms with E-state index in [1.165, 1.54) is 43.6 Å². The van der Waals surface area contributed by atoms with E-state index < -0.39 is 0 Å². The fraction of sp³-hybridized carbons (Fsp3) is 0.278. The van der Waals surface area contributed by atoms with Crippen LogP contribution in [0.3, 0.4) is 0 Å². The second kappa shape index (κ2) is 11.8. The average Bonchev–Trinajstić information content (AvgIpc) is 3.91. The molecule has 1 aromatic carbocycles. The lowest BCUT2D eigenvalue weighted by Crippen LogP contribution is -2.26. The largest absolute Gasteiger partial charge is 0.299 e. The summed E-state index contributed by atoms with van der Waals surface area (Å²) in [5.41, 5.74) is 6.02. The van der Waals surface area contributed by atoms with E-state index in [9.17, 15) is 30.6 Å². The van der Waals surface area contributed by atoms with Crippen molar-refractivity contribution in [2.24, 2.45) is 9.98 Å². The number of fused-ring (bicyclic) bond motifs is 6. The van der Waals surface area contributed by atoms with Crippen molar-refractivity contribution in [1.29, 1.82) is 21.0 Å². The number of carbonyl (C=O) groups excluding carboxylic acids is 2. The van der Waals surface area contributed by atoms with Crippen molar-refractivity contribution >= 4 is 78.1 Å². The van der Waals surface area contributed by atoms with Crippen LogP contribution in [-0.2, 0) is 20.4 Å². The predicted molar refractivity (Wildman–Crippen MR) is 198 cm³/mol. The van der Waals surface area contributed by atoms with Gasteiger partial charge in [-0.3, -0.25) is 19.4 Å². The van der Waals surface area contributed by atoms with Crippen LogP contribution in [0.4, 0.5) is 10.0 Å². The Morgan fingerprint density at radius 1 is 0.640 bits per heavy atom. The van der Waals surface area contributed by atoms with Crippen LogP contribution in [-0.4, -0.2) is 44.8 Å². The Balaban J connectivity index is 1.26. The molecule has 0 unspecified atom stereocenters. The van der Waals surface area contributed by atoms with E-state index in [4.69, 9.17) is 9.98 Å². The summed E-state index contributed by atoms with van der Waals surface area (Å²) in [4.78, 5) is 40.9. The quantitative estimate of drug-likeness (QED) is 0.243. The third-order valence-corrected chi connectivity index (χ3v) is 13.7. The molecule has 246 valence electrons. The maximum atomic E-state index is 13.2. The smallest absolute Gasteiger partial charge is 0.284 e. The number of nitrogens with zero attached hydrogens (tertiary/aromatic N) is 8. The molecule has 10 nitrogen and oxygen atoms in total. The molecule has 2 aliphatic carbocycles. The number of hydrogen-bond acceptors (Lipinski definition) is 12. The summed E-state index contributed by atoms with van der Waals surface area (Å²) < 4.78 is 0. The molecule has 0 N–H and O–H groups in total. The molecule has 0 saturated carbocycles. The van der Waals surface area contributed by atoms with E-state index in [1.54, 1.807) is 13.8 Å². The van der Waals surface area contributed by atoms with Crippen molar-refractivity contribution in [3.8, 4) is 45.2 Å². The molecule has 50 heavy (non-hydrogen) atoms. The van der Waals surface area contributed by atoms with Crippen LogP contribution >= 0.6 is 46.2 Å². The number of allylic oxidation sites excluding steroid dienone is 2. The predicted octanol–water partition coefficient (Wildman–Crippen LogP) is 8.19. The SMILES string of the molecule is CCN1C(=O)C(=Nc2cc3c(s2)-c2cc4c(cc2C3(C)C)-c2sc(N=C3SC(=C(C#N)C#N)N(CC)C3=O)cc2C4(C)C)SC1=C(C#N)C#N. The van der Waals surface area contributed by atoms with Gasteiger partial charge in [0.15, 0.2) is 21.2 Å². The molecule has 2 aromatic heterocycles. The molecular weight excluding hydrogens is 705 g/mol. The summed E-state index contributed by atoms with van der Waals surface area (Å²) in [5, 5.41) is 40.2. The summed E-state index contributed by atoms with van der Waals surface area (Å²) in [6.45, 7) is 13.0. The minimum atomic E-state index is -0.345. The number of rotatable bonds is 4. The van der Waals surface area contributed by atoms with Gasteiger partial charge in [0.05, 0.1) is 0 Å². The summed E-state index contributed by atoms with van der Waals surface area (Å²) >= 11 is 5.19. The lowest BCUT2D eigenvalue weighted by Gasteiger charge is -2.24. The highest BCUT2D eigenvalue weighted by molar-refractivity contribution is 8.20. The summed E-state index contributed by atoms with van der Waals surface area (Å²) in [6, 6.07) is 16.2. The van der Waals surface area contributed by atoms with E-state index in [1.807, 2.05) is 36.4 Å². The van der Waals surface area contributed by atoms with Gasteiger partial charge < -0.3 is 0 Å². The fourth-order valence-electron chi connectivity index (χ4n) is 6.82. The van der Waals surface area contributed by atoms with Crippen molar-refractivity contribution in [2.75, 3.05) is 13.1 Å². The Morgan fingerprint density at radius 2 is 1.00 bits per heavy atom. The molecule has 2 saturated heterocycles. The number of benzene rings is 1. The normalized spacial score (nSPS) is 19.2. The standard InChI is InChI=1S/C36H26N8O2S4/c1-7-43-31(45)29(49-33(43)17(13-37)14-38)41-25-11-23-27(47-25)19-9-22-20(10-21(19)35(23,3)4)28-24(36(22,5)6)12-26(48-28)42-30-32(46)44(8-2)34(50-30)18(15-39)16-40/h9-12H,7-8H2,1-6H3. The number of thioether (sulfide) groups is 2. The maximum Gasteiger partial charge on any atom is 0.284 e. The van der Waals surface area contributed by atoms with Gasteiger partial charge in [-0.05, 0) is 95.0 Å². The highest BCUT2D eigenvalue weighted by atomic mass is 32.2. The molecule has 0 atom stereocenters. The number of carbonyl (C=O) groups is 2. The van der Waals surface area contributed by atoms with Gasteiger partial charge in [-0.1, -0.05) is 27.7 Å². The molecule has 4 heterocycles.